The van der Waals surface area contributed by atoms with Crippen LogP contribution in [-0.4, -0.2) is 41.0 Å². The van der Waals surface area contributed by atoms with Gasteiger partial charge in [-0.25, -0.2) is 8.78 Å². The molecule has 2 atom stereocenters. The Hall–Kier alpha value is -6.70. The van der Waals surface area contributed by atoms with Crippen LogP contribution in [0.25, 0.3) is 77.2 Å². The van der Waals surface area contributed by atoms with Gasteiger partial charge in [-0.05, 0) is 170 Å². The van der Waals surface area contributed by atoms with Gasteiger partial charge in [0.05, 0.1) is 50.1 Å². The van der Waals surface area contributed by atoms with Gasteiger partial charge >= 0.3 is 0 Å². The van der Waals surface area contributed by atoms with Gasteiger partial charge in [-0.3, -0.25) is 0 Å². The summed E-state index contributed by atoms with van der Waals surface area (Å²) in [5, 5.41) is 30.8. The van der Waals surface area contributed by atoms with Crippen LogP contribution in [0.5, 0.6) is 23.0 Å². The number of nitrogens with zero attached hydrogens (tertiary/aromatic N) is 2. The molecular weight excluding hydrogens is 1250 g/mol. The van der Waals surface area contributed by atoms with Crippen LogP contribution >= 0.6 is 0 Å². The summed E-state index contributed by atoms with van der Waals surface area (Å²) in [6, 6.07) is 42.9. The molecule has 0 bridgehead atoms. The Morgan fingerprint density at radius 3 is 1.20 bits per heavy atom. The van der Waals surface area contributed by atoms with Gasteiger partial charge in [-0.15, -0.1) is 0 Å². The van der Waals surface area contributed by atoms with Gasteiger partial charge in [-0.1, -0.05) is 187 Å². The number of phenols is 2. The number of aromatic hydroxyl groups is 4. The number of phenolic OH excluding ortho intramolecular Hbond substituents is 2. The van der Waals surface area contributed by atoms with E-state index in [2.05, 4.69) is 252 Å². The Balaban J connectivity index is 0.00000425. The molecule has 8 aromatic carbocycles. The number of benzene rings is 8. The van der Waals surface area contributed by atoms with Crippen molar-refractivity contribution in [2.45, 2.75) is 224 Å². The molecule has 9 heteroatoms. The zero-order valence-electron chi connectivity index (χ0n) is 62.0. The van der Waals surface area contributed by atoms with Crippen molar-refractivity contribution in [3.8, 4) is 56.6 Å². The van der Waals surface area contributed by atoms with Gasteiger partial charge in [0.2, 0.25) is 0 Å². The molecule has 95 heavy (non-hydrogen) atoms. The summed E-state index contributed by atoms with van der Waals surface area (Å²) in [6.45, 7) is 50.9. The monoisotopic (exact) mass is 1360 g/mol. The fourth-order valence-corrected chi connectivity index (χ4v) is 14.9. The molecule has 0 spiro atoms. The molecule has 10 aromatic rings. The van der Waals surface area contributed by atoms with Crippen LogP contribution in [-0.2, 0) is 59.7 Å². The van der Waals surface area contributed by atoms with E-state index in [-0.39, 0.29) is 103 Å². The van der Waals surface area contributed by atoms with Gasteiger partial charge in [0, 0.05) is 78.8 Å². The molecule has 0 aliphatic carbocycles. The van der Waals surface area contributed by atoms with Crippen molar-refractivity contribution >= 4 is 43.6 Å². The number of fused-ring (bicyclic) bond motifs is 6. The van der Waals surface area contributed by atoms with Crippen molar-refractivity contribution in [2.75, 3.05) is 0 Å². The normalized spacial score (nSPS) is 13.4. The average molecular weight is 1370 g/mol. The second kappa shape index (κ2) is 27.0. The van der Waals surface area contributed by atoms with Crippen molar-refractivity contribution in [1.82, 2.24) is 9.13 Å². The van der Waals surface area contributed by atoms with E-state index in [0.717, 1.165) is 78.7 Å². The smallest absolute Gasteiger partial charge is 0.266 e. The van der Waals surface area contributed by atoms with E-state index in [0.29, 0.717) is 58.0 Å². The molecule has 506 valence electrons. The number of aromatic nitrogens is 2. The fraction of sp³-hybridized carbons (Fsp3) is 0.419. The number of hydrogen-bond acceptors (Lipinski definition) is 2. The first-order valence-corrected chi connectivity index (χ1v) is 33.5. The Bertz CT molecular complexity index is 4410. The third-order valence-electron chi connectivity index (χ3n) is 18.9. The molecule has 10 rings (SSSR count). The molecule has 0 aliphatic rings. The molecule has 2 aromatic heterocycles. The standard InChI is InChI=1S/C84H102F2N2O4.2CH3.Zr/c1-24-52-37-59(86)46-67(66-39-57(84(22,23)48-79(8,9)10)44-73(76(66)90)88-70-41-54(81(14,15)16)27-32-62(70)63-33-28-55(42-71(63)88)82(17,18)19)77(52)92-51(4)36-50(3)91-74-34-29-58(85)45-64(74)65-38-56(83(20,21)47-78(5,6)7)43-72(75(65)89)87-68-35-49(2)25-30-60(68)61-31-26-53(40-69(61)87)80(11,12)13;;;/h25-35,37-46,50-51,89-90H,24,36,47-48H2,1-23H3;2*1H3;/q;2*-1;/p+2/t50-,51+;;;/m0.../s1. The maximum absolute atomic E-state index is 16.6. The zero-order valence-corrected chi connectivity index (χ0v) is 64.5. The van der Waals surface area contributed by atoms with Crippen molar-refractivity contribution in [2.24, 2.45) is 10.8 Å². The number of hydrogen-bond donors (Lipinski definition) is 2. The molecule has 0 unspecified atom stereocenters. The number of aryl methyl sites for hydroxylation is 2. The molecule has 0 saturated carbocycles. The van der Waals surface area contributed by atoms with Crippen LogP contribution in [0, 0.1) is 44.2 Å². The second-order valence-corrected chi connectivity index (χ2v) is 33.8. The summed E-state index contributed by atoms with van der Waals surface area (Å²) in [5.41, 5.74) is 13.3. The predicted molar refractivity (Wildman–Crippen MR) is 400 cm³/mol. The van der Waals surface area contributed by atoms with Crippen molar-refractivity contribution < 1.29 is 54.7 Å². The van der Waals surface area contributed by atoms with E-state index < -0.39 is 11.6 Å². The Labute approximate surface area is 588 Å². The summed E-state index contributed by atoms with van der Waals surface area (Å²) in [6.07, 6.45) is 1.97. The Kier molecular flexibility index (Phi) is 21.5. The SMILES string of the molecule is CCc1cc(F)cc(-c2cc(C(C)(C)CC(C)(C)C)cc(-n3c4cc(C(C)(C)C)ccc4c4ccc(C(C)(C)C)cc43)c2O)c1[OH+][C@H](C)C[C@H](C)[OH+]c1ccc(F)cc1-c1cc(C(C)(C)CC(C)(C)C)cc(-n2c3cc(C)ccc3c3ccc(C(C)(C)C)cc32)c1O.[CH3-].[CH3-].[Zr]. The predicted octanol–water partition coefficient (Wildman–Crippen LogP) is 24.3. The molecule has 6 nitrogen and oxygen atoms in total. The summed E-state index contributed by atoms with van der Waals surface area (Å²) in [4.78, 5) is 0. The molecule has 0 amide bonds. The maximum Gasteiger partial charge on any atom is 0.266 e. The van der Waals surface area contributed by atoms with Crippen LogP contribution in [0.1, 0.15) is 211 Å². The van der Waals surface area contributed by atoms with Crippen LogP contribution < -0.4 is 0 Å². The molecule has 4 N–H and O–H groups in total. The Morgan fingerprint density at radius 1 is 0.421 bits per heavy atom. The van der Waals surface area contributed by atoms with Crippen LogP contribution in [0.15, 0.2) is 127 Å². The van der Waals surface area contributed by atoms with Gasteiger partial charge in [-0.2, -0.15) is 0 Å². The van der Waals surface area contributed by atoms with E-state index in [1.54, 1.807) is 18.2 Å². The maximum atomic E-state index is 16.6. The summed E-state index contributed by atoms with van der Waals surface area (Å²) < 4.78 is 48.1. The Morgan fingerprint density at radius 2 is 0.800 bits per heavy atom. The van der Waals surface area contributed by atoms with Gasteiger partial charge in [0.1, 0.15) is 29.6 Å². The summed E-state index contributed by atoms with van der Waals surface area (Å²) >= 11 is 0. The van der Waals surface area contributed by atoms with E-state index in [1.807, 2.05) is 13.8 Å². The largest absolute Gasteiger partial charge is 0.580 e. The van der Waals surface area contributed by atoms with Crippen molar-refractivity contribution in [1.29, 1.82) is 0 Å². The minimum Gasteiger partial charge on any atom is -0.580 e. The summed E-state index contributed by atoms with van der Waals surface area (Å²) in [5.74, 6) is 0.411. The quantitative estimate of drug-likeness (QED) is 0.0793. The van der Waals surface area contributed by atoms with Gasteiger partial charge in [0.25, 0.3) is 11.5 Å². The first-order chi connectivity index (χ1) is 42.5. The molecule has 0 saturated heterocycles. The number of rotatable bonds is 15. The van der Waals surface area contributed by atoms with Crippen LogP contribution in [0.2, 0.25) is 0 Å². The molecular formula is C86H110F2N2O4Zr. The third kappa shape index (κ3) is 15.5. The van der Waals surface area contributed by atoms with Gasteiger partial charge in [0.15, 0.2) is 12.2 Å². The van der Waals surface area contributed by atoms with E-state index >= 15 is 8.78 Å². The first kappa shape index (κ1) is 75.7. The number of aliphatic hydroxyl groups is 2. The zero-order chi connectivity index (χ0) is 67.5. The molecule has 2 heterocycles. The van der Waals surface area contributed by atoms with Crippen molar-refractivity contribution in [3.63, 3.8) is 0 Å². The number of halogens is 2. The van der Waals surface area contributed by atoms with Gasteiger partial charge < -0.3 is 43.7 Å². The average Bonchev–Trinajstić information content (AvgIpc) is 1.62. The topological polar surface area (TPSA) is 75.9 Å². The molecule has 0 radical (unpaired) electrons. The fourth-order valence-electron chi connectivity index (χ4n) is 14.9. The summed E-state index contributed by atoms with van der Waals surface area (Å²) in [7, 11) is 0. The molecule has 0 aliphatic heterocycles. The molecule has 0 fully saturated rings. The van der Waals surface area contributed by atoms with Crippen molar-refractivity contribution in [3.05, 3.63) is 193 Å². The minimum atomic E-state index is -0.437. The first-order valence-electron chi connectivity index (χ1n) is 33.5. The second-order valence-electron chi connectivity index (χ2n) is 33.8. The van der Waals surface area contributed by atoms with Crippen LogP contribution in [0.3, 0.4) is 0 Å². The van der Waals surface area contributed by atoms with Crippen LogP contribution in [0.4, 0.5) is 8.78 Å². The third-order valence-corrected chi connectivity index (χ3v) is 18.9. The van der Waals surface area contributed by atoms with E-state index in [9.17, 15) is 10.2 Å². The minimum absolute atomic E-state index is 0. The number of ether oxygens (including phenoxy) is 2. The van der Waals surface area contributed by atoms with E-state index in [4.69, 9.17) is 9.47 Å². The van der Waals surface area contributed by atoms with E-state index in [1.165, 1.54) is 28.8 Å².